The number of aliphatic imine (C=N–C) groups is 1. The summed E-state index contributed by atoms with van der Waals surface area (Å²) in [6.07, 6.45) is 5.38. The largest absolute Gasteiger partial charge is 0.481 e. The van der Waals surface area contributed by atoms with Crippen molar-refractivity contribution in [1.82, 2.24) is 16.0 Å². The summed E-state index contributed by atoms with van der Waals surface area (Å²) in [5.74, 6) is -2.41. The molecule has 1 fully saturated rings. The maximum Gasteiger partial charge on any atom is 0.407 e. The number of methoxy groups -OCH3 is 1. The number of amides is 4. The van der Waals surface area contributed by atoms with E-state index in [1.807, 2.05) is 0 Å². The van der Waals surface area contributed by atoms with Crippen LogP contribution in [0.5, 0.6) is 0 Å². The molecule has 1 aliphatic rings. The number of carbonyl (C=O) groups is 5. The average Bonchev–Trinajstić information content (AvgIpc) is 2.97. The van der Waals surface area contributed by atoms with Crippen LogP contribution >= 0.6 is 0 Å². The predicted octanol–water partition coefficient (Wildman–Crippen LogP) is 0.974. The number of rotatable bonds is 14. The lowest BCUT2D eigenvalue weighted by molar-refractivity contribution is -0.384. The van der Waals surface area contributed by atoms with Gasteiger partial charge in [0.15, 0.2) is 5.96 Å². The van der Waals surface area contributed by atoms with Crippen molar-refractivity contribution in [2.24, 2.45) is 22.4 Å². The molecule has 44 heavy (non-hydrogen) atoms. The van der Waals surface area contributed by atoms with E-state index in [4.69, 9.17) is 21.4 Å². The molecule has 0 spiro atoms. The number of ether oxygens (including phenoxy) is 1. The smallest absolute Gasteiger partial charge is 0.407 e. The zero-order chi connectivity index (χ0) is 33.1. The van der Waals surface area contributed by atoms with E-state index in [0.717, 1.165) is 39.0 Å². The first kappa shape index (κ1) is 37.1. The fourth-order valence-corrected chi connectivity index (χ4v) is 4.39. The van der Waals surface area contributed by atoms with E-state index in [1.165, 1.54) is 31.4 Å². The van der Waals surface area contributed by atoms with Crippen molar-refractivity contribution in [3.8, 4) is 0 Å². The molecule has 4 amide bonds. The second-order valence-corrected chi connectivity index (χ2v) is 10.0. The first-order valence-electron chi connectivity index (χ1n) is 14.0. The summed E-state index contributed by atoms with van der Waals surface area (Å²) >= 11 is 0. The molecule has 2 unspecified atom stereocenters. The number of non-ortho nitro benzene ring substituents is 1. The fourth-order valence-electron chi connectivity index (χ4n) is 4.39. The Labute approximate surface area is 254 Å². The molecule has 1 aromatic rings. The van der Waals surface area contributed by atoms with Crippen LogP contribution in [0.25, 0.3) is 0 Å². The molecule has 0 aromatic heterocycles. The van der Waals surface area contributed by atoms with E-state index >= 15 is 0 Å². The van der Waals surface area contributed by atoms with E-state index in [-0.39, 0.29) is 30.5 Å². The van der Waals surface area contributed by atoms with Crippen LogP contribution < -0.4 is 32.7 Å². The number of carbonyl (C=O) groups excluding carboxylic acids is 4. The Hall–Kier alpha value is -4.96. The van der Waals surface area contributed by atoms with Gasteiger partial charge in [-0.15, -0.1) is 0 Å². The quantitative estimate of drug-likeness (QED) is 0.0505. The molecule has 0 radical (unpaired) electrons. The molecule has 244 valence electrons. The lowest BCUT2D eigenvalue weighted by atomic mass is 9.84. The van der Waals surface area contributed by atoms with Crippen molar-refractivity contribution in [2.45, 2.75) is 70.4 Å². The minimum absolute atomic E-state index is 0.109. The Balaban J connectivity index is 0.00000227. The molecule has 9 N–H and O–H groups in total. The highest BCUT2D eigenvalue weighted by Gasteiger charge is 2.27. The lowest BCUT2D eigenvalue weighted by Gasteiger charge is -2.26. The van der Waals surface area contributed by atoms with Crippen molar-refractivity contribution in [3.63, 3.8) is 0 Å². The number of nitrogens with zero attached hydrogens (tertiary/aromatic N) is 2. The van der Waals surface area contributed by atoms with Crippen molar-refractivity contribution < 1.29 is 38.7 Å². The summed E-state index contributed by atoms with van der Waals surface area (Å²) < 4.78 is 4.64. The van der Waals surface area contributed by atoms with Gasteiger partial charge in [-0.2, -0.15) is 0 Å². The van der Waals surface area contributed by atoms with Gasteiger partial charge in [0.2, 0.25) is 17.7 Å². The molecule has 0 heterocycles. The van der Waals surface area contributed by atoms with Gasteiger partial charge in [0.05, 0.1) is 18.6 Å². The lowest BCUT2D eigenvalue weighted by Crippen LogP contribution is -2.51. The van der Waals surface area contributed by atoms with Gasteiger partial charge in [0.25, 0.3) is 11.7 Å². The first-order chi connectivity index (χ1) is 20.8. The molecule has 17 nitrogen and oxygen atoms in total. The maximum absolute atomic E-state index is 12.9. The molecule has 2 rings (SSSR count). The number of hydrogen-bond acceptors (Lipinski definition) is 9. The van der Waals surface area contributed by atoms with Gasteiger partial charge in [-0.3, -0.25) is 34.3 Å². The number of nitro benzene ring substituents is 1. The number of carboxylic acids is 1. The summed E-state index contributed by atoms with van der Waals surface area (Å²) in [6.45, 7) is 0.871. The molecule has 1 saturated carbocycles. The molecule has 0 bridgehead atoms. The molecule has 0 aliphatic heterocycles. The number of aliphatic carboxylic acids is 1. The Kier molecular flexibility index (Phi) is 16.9. The number of hydrogen-bond donors (Lipinski definition) is 7. The number of carboxylic acid groups (broad SMARTS) is 1. The average molecular weight is 623 g/mol. The van der Waals surface area contributed by atoms with Gasteiger partial charge in [-0.05, 0) is 37.3 Å². The number of anilines is 1. The summed E-state index contributed by atoms with van der Waals surface area (Å²) in [6, 6.07) is 3.34. The highest BCUT2D eigenvalue weighted by atomic mass is 16.6. The van der Waals surface area contributed by atoms with Gasteiger partial charge in [-0.1, -0.05) is 32.1 Å². The number of nitro groups is 1. The van der Waals surface area contributed by atoms with Gasteiger partial charge in [0, 0.05) is 31.3 Å². The van der Waals surface area contributed by atoms with E-state index < -0.39 is 53.3 Å². The number of guanidine groups is 1. The van der Waals surface area contributed by atoms with Crippen molar-refractivity contribution in [3.05, 3.63) is 34.4 Å². The van der Waals surface area contributed by atoms with Gasteiger partial charge < -0.3 is 42.6 Å². The standard InChI is InChI=1S/C25H38N8O7.C2H4O2/c1-40-25(37)32-20(14-16-6-3-2-4-7-16)22(35)29-15-21(34)31-19(8-5-13-28-24(26)27)23(36)30-17-9-11-18(12-10-17)33(38)39;1-2(3)4/h9-12,16,19-20H,2-8,13-15H2,1H3,(H,29,35)(H,30,36)(H,31,34)(H,32,37)(H4,26,27,28);1H3,(H,3,4). The van der Waals surface area contributed by atoms with Crippen LogP contribution in [0.1, 0.15) is 58.3 Å². The molecular weight excluding hydrogens is 580 g/mol. The third-order valence-corrected chi connectivity index (χ3v) is 6.45. The molecule has 17 heteroatoms. The molecule has 0 saturated heterocycles. The second kappa shape index (κ2) is 20.0. The van der Waals surface area contributed by atoms with Crippen LogP contribution in [0.2, 0.25) is 0 Å². The van der Waals surface area contributed by atoms with Crippen molar-refractivity contribution in [1.29, 1.82) is 0 Å². The Morgan fingerprint density at radius 2 is 1.66 bits per heavy atom. The van der Waals surface area contributed by atoms with E-state index in [1.54, 1.807) is 0 Å². The van der Waals surface area contributed by atoms with Crippen LogP contribution in [0.3, 0.4) is 0 Å². The Morgan fingerprint density at radius 1 is 1.05 bits per heavy atom. The third kappa shape index (κ3) is 15.9. The predicted molar refractivity (Wildman–Crippen MR) is 160 cm³/mol. The molecule has 1 aromatic carbocycles. The number of nitrogens with one attached hydrogen (secondary N) is 4. The number of alkyl carbamates (subject to hydrolysis) is 1. The van der Waals surface area contributed by atoms with Crippen LogP contribution in [0.15, 0.2) is 29.3 Å². The zero-order valence-electron chi connectivity index (χ0n) is 24.9. The maximum atomic E-state index is 12.9. The van der Waals surface area contributed by atoms with E-state index in [0.29, 0.717) is 18.5 Å². The summed E-state index contributed by atoms with van der Waals surface area (Å²) in [4.78, 5) is 73.5. The fraction of sp³-hybridized carbons (Fsp3) is 0.556. The van der Waals surface area contributed by atoms with Gasteiger partial charge >= 0.3 is 6.09 Å². The van der Waals surface area contributed by atoms with E-state index in [2.05, 4.69) is 31.0 Å². The van der Waals surface area contributed by atoms with Crippen molar-refractivity contribution >= 4 is 47.1 Å². The highest BCUT2D eigenvalue weighted by Crippen LogP contribution is 2.27. The Morgan fingerprint density at radius 3 is 2.20 bits per heavy atom. The molecular formula is C27H42N8O9. The summed E-state index contributed by atoms with van der Waals surface area (Å²) in [5.41, 5.74) is 10.8. The van der Waals surface area contributed by atoms with Crippen LogP contribution in [0.4, 0.5) is 16.2 Å². The van der Waals surface area contributed by atoms with Crippen LogP contribution in [-0.4, -0.2) is 78.1 Å². The summed E-state index contributed by atoms with van der Waals surface area (Å²) in [7, 11) is 1.20. The van der Waals surface area contributed by atoms with Gasteiger partial charge in [-0.25, -0.2) is 4.79 Å². The zero-order valence-corrected chi connectivity index (χ0v) is 24.9. The molecule has 2 atom stereocenters. The molecule has 1 aliphatic carbocycles. The first-order valence-corrected chi connectivity index (χ1v) is 14.0. The number of benzene rings is 1. The number of nitrogens with two attached hydrogens (primary N) is 2. The SMILES string of the molecule is CC(=O)O.COC(=O)NC(CC1CCCCC1)C(=O)NCC(=O)NC(CCCN=C(N)N)C(=O)Nc1ccc([N+](=O)[O-])cc1. The minimum Gasteiger partial charge on any atom is -0.481 e. The second-order valence-electron chi connectivity index (χ2n) is 10.0. The van der Waals surface area contributed by atoms with Crippen molar-refractivity contribution in [2.75, 3.05) is 25.5 Å². The van der Waals surface area contributed by atoms with Crippen LogP contribution in [0, 0.1) is 16.0 Å². The monoisotopic (exact) mass is 622 g/mol. The van der Waals surface area contributed by atoms with Crippen LogP contribution in [-0.2, 0) is 23.9 Å². The van der Waals surface area contributed by atoms with Gasteiger partial charge in [0.1, 0.15) is 12.1 Å². The highest BCUT2D eigenvalue weighted by molar-refractivity contribution is 5.98. The third-order valence-electron chi connectivity index (χ3n) is 6.45. The topological polar surface area (TPSA) is 270 Å². The minimum atomic E-state index is -1.01. The van der Waals surface area contributed by atoms with E-state index in [9.17, 15) is 29.3 Å². The normalized spacial score (nSPS) is 13.9. The Bertz CT molecular complexity index is 1150. The summed E-state index contributed by atoms with van der Waals surface area (Å²) in [5, 5.41) is 28.5.